The molecule has 56 heavy (non-hydrogen) atoms. The highest BCUT2D eigenvalue weighted by Crippen LogP contribution is 2.48. The van der Waals surface area contributed by atoms with Crippen molar-refractivity contribution in [1.82, 2.24) is 19.6 Å². The van der Waals surface area contributed by atoms with E-state index in [0.29, 0.717) is 105 Å². The molecule has 2 unspecified atom stereocenters. The molecule has 6 aromatic rings. The number of thiophene rings is 2. The van der Waals surface area contributed by atoms with Gasteiger partial charge in [-0.1, -0.05) is 72.6 Å². The van der Waals surface area contributed by atoms with Crippen molar-refractivity contribution in [3.63, 3.8) is 0 Å². The Labute approximate surface area is 349 Å². The first-order valence-electron chi connectivity index (χ1n) is 18.0. The number of alkyl halides is 3. The maximum absolute atomic E-state index is 15.0. The first-order valence-corrected chi connectivity index (χ1v) is 22.6. The van der Waals surface area contributed by atoms with Crippen molar-refractivity contribution in [2.45, 2.75) is 86.9 Å². The molecular weight excluding hydrogens is 867 g/mol. The molecule has 0 spiro atoms. The number of rotatable bonds is 11. The molecule has 294 valence electrons. The van der Waals surface area contributed by atoms with Crippen LogP contribution in [0.1, 0.15) is 84.5 Å². The Bertz CT molecular complexity index is 2600. The zero-order valence-corrected chi connectivity index (χ0v) is 35.1. The fourth-order valence-corrected chi connectivity index (χ4v) is 11.9. The molecule has 0 aliphatic heterocycles. The number of fused-ring (bicyclic) bond motifs is 6. The van der Waals surface area contributed by atoms with Crippen molar-refractivity contribution >= 4 is 79.2 Å². The lowest BCUT2D eigenvalue weighted by Crippen LogP contribution is -2.23. The van der Waals surface area contributed by atoms with Crippen molar-refractivity contribution in [2.24, 2.45) is 0 Å². The van der Waals surface area contributed by atoms with Gasteiger partial charge in [-0.2, -0.15) is 31.8 Å². The zero-order valence-electron chi connectivity index (χ0n) is 29.6. The van der Waals surface area contributed by atoms with Crippen LogP contribution in [0, 0.1) is 0 Å². The summed E-state index contributed by atoms with van der Waals surface area (Å²) < 4.78 is 82.1. The summed E-state index contributed by atoms with van der Waals surface area (Å²) in [5, 5.41) is 13.2. The van der Waals surface area contributed by atoms with Gasteiger partial charge in [0.1, 0.15) is 4.21 Å². The van der Waals surface area contributed by atoms with Gasteiger partial charge in [-0.3, -0.25) is 4.55 Å². The first kappa shape index (κ1) is 39.9. The molecular formula is C39H33Cl4F3N4O3S3. The molecule has 4 aromatic heterocycles. The lowest BCUT2D eigenvalue weighted by Gasteiger charge is -2.21. The molecule has 2 atom stereocenters. The topological polar surface area (TPSA) is 90.0 Å². The highest BCUT2D eigenvalue weighted by atomic mass is 35.5. The van der Waals surface area contributed by atoms with Crippen LogP contribution in [0.5, 0.6) is 0 Å². The van der Waals surface area contributed by atoms with Crippen LogP contribution in [-0.4, -0.2) is 38.7 Å². The van der Waals surface area contributed by atoms with Gasteiger partial charge in [0, 0.05) is 27.1 Å². The van der Waals surface area contributed by atoms with Crippen LogP contribution in [0.2, 0.25) is 20.1 Å². The molecule has 0 bridgehead atoms. The Balaban J connectivity index is 1.03. The Morgan fingerprint density at radius 1 is 0.768 bits per heavy atom. The SMILES string of the molecule is CC(CCCCCC(c1nn(-c2ccc(Cl)cc2Cl)c2c1CCc1ccsc1-2)C(F)(F)F)c1nn(-c2ccc(Cl)cc2Cl)c2c1CCc1cc(S(=O)(=O)O)sc1-2. The number of aromatic nitrogens is 4. The molecule has 2 aliphatic carbocycles. The molecule has 0 radical (unpaired) electrons. The number of aryl methyl sites for hydroxylation is 2. The van der Waals surface area contributed by atoms with Gasteiger partial charge >= 0.3 is 16.3 Å². The van der Waals surface area contributed by atoms with Gasteiger partial charge in [0.15, 0.2) is 0 Å². The minimum Gasteiger partial charge on any atom is -0.281 e. The zero-order chi connectivity index (χ0) is 39.7. The van der Waals surface area contributed by atoms with Crippen LogP contribution in [0.15, 0.2) is 58.1 Å². The average Bonchev–Trinajstić information content (AvgIpc) is 3.92. The third-order valence-electron chi connectivity index (χ3n) is 10.6. The summed E-state index contributed by atoms with van der Waals surface area (Å²) in [6.45, 7) is 2.04. The molecule has 8 rings (SSSR count). The molecule has 0 fully saturated rings. The van der Waals surface area contributed by atoms with E-state index in [0.717, 1.165) is 38.6 Å². The van der Waals surface area contributed by atoms with Crippen molar-refractivity contribution in [3.8, 4) is 32.5 Å². The van der Waals surface area contributed by atoms with Crippen LogP contribution in [0.4, 0.5) is 13.2 Å². The molecule has 1 N–H and O–H groups in total. The lowest BCUT2D eigenvalue weighted by atomic mass is 9.87. The molecule has 4 heterocycles. The van der Waals surface area contributed by atoms with Crippen molar-refractivity contribution < 1.29 is 26.1 Å². The summed E-state index contributed by atoms with van der Waals surface area (Å²) in [6, 6.07) is 13.5. The smallest absolute Gasteiger partial charge is 0.281 e. The van der Waals surface area contributed by atoms with E-state index in [-0.39, 0.29) is 22.2 Å². The normalized spacial score (nSPS) is 14.9. The molecule has 7 nitrogen and oxygen atoms in total. The van der Waals surface area contributed by atoms with E-state index in [4.69, 9.17) is 51.5 Å². The number of halogens is 7. The van der Waals surface area contributed by atoms with Gasteiger partial charge in [-0.05, 0) is 104 Å². The number of hydrogen-bond donors (Lipinski definition) is 1. The fraction of sp³-hybridized carbons (Fsp3) is 0.333. The Hall–Kier alpha value is -2.88. The van der Waals surface area contributed by atoms with E-state index in [2.05, 4.69) is 5.10 Å². The second kappa shape index (κ2) is 15.4. The molecule has 2 aliphatic rings. The minimum absolute atomic E-state index is 0.0501. The first-order chi connectivity index (χ1) is 26.6. The van der Waals surface area contributed by atoms with Crippen molar-refractivity contribution in [1.29, 1.82) is 0 Å². The van der Waals surface area contributed by atoms with Gasteiger partial charge in [-0.25, -0.2) is 9.36 Å². The second-order valence-electron chi connectivity index (χ2n) is 14.2. The van der Waals surface area contributed by atoms with E-state index in [1.165, 1.54) is 17.4 Å². The second-order valence-corrected chi connectivity index (χ2v) is 19.5. The standard InChI is InChI=1S/C39H33Cl4F3N4O3S3/c1-20(33-25-12-8-22-17-32(56(51,52)53)55-38(22)36(25)50(47-33)31-14-10-24(41)19-29(31)43)5-3-2-4-6-27(39(44,45)46)34-26-11-7-21-15-16-54-37(21)35(26)49(48-34)30-13-9-23(40)18-28(30)42/h9-10,13-20,27H,2-8,11-12H2,1H3,(H,51,52,53). The highest BCUT2D eigenvalue weighted by molar-refractivity contribution is 7.88. The summed E-state index contributed by atoms with van der Waals surface area (Å²) in [7, 11) is -4.42. The molecule has 0 saturated carbocycles. The van der Waals surface area contributed by atoms with Crippen LogP contribution < -0.4 is 0 Å². The quantitative estimate of drug-likeness (QED) is 0.103. The summed E-state index contributed by atoms with van der Waals surface area (Å²) >= 11 is 28.1. The maximum Gasteiger partial charge on any atom is 0.397 e. The predicted octanol–water partition coefficient (Wildman–Crippen LogP) is 13.0. The summed E-state index contributed by atoms with van der Waals surface area (Å²) in [4.78, 5) is 1.59. The number of unbranched alkanes of at least 4 members (excludes halogenated alkanes) is 2. The van der Waals surface area contributed by atoms with E-state index in [9.17, 15) is 26.1 Å². The van der Waals surface area contributed by atoms with E-state index < -0.39 is 22.2 Å². The minimum atomic E-state index is -4.51. The fourth-order valence-electron chi connectivity index (χ4n) is 7.97. The maximum atomic E-state index is 15.0. The van der Waals surface area contributed by atoms with Crippen LogP contribution >= 0.6 is 69.1 Å². The third kappa shape index (κ3) is 7.47. The van der Waals surface area contributed by atoms with Crippen LogP contribution in [0.25, 0.3) is 32.5 Å². The number of nitrogens with zero attached hydrogens (tertiary/aromatic N) is 4. The molecule has 0 saturated heterocycles. The number of benzene rings is 2. The Morgan fingerprint density at radius 2 is 1.34 bits per heavy atom. The third-order valence-corrected chi connectivity index (χ3v) is 15.2. The van der Waals surface area contributed by atoms with Gasteiger partial charge in [0.05, 0.1) is 59.9 Å². The Morgan fingerprint density at radius 3 is 1.95 bits per heavy atom. The molecule has 17 heteroatoms. The van der Waals surface area contributed by atoms with Crippen LogP contribution in [-0.2, 0) is 35.8 Å². The van der Waals surface area contributed by atoms with Crippen LogP contribution in [0.3, 0.4) is 0 Å². The van der Waals surface area contributed by atoms with Crippen molar-refractivity contribution in [3.05, 3.63) is 108 Å². The lowest BCUT2D eigenvalue weighted by molar-refractivity contribution is -0.153. The largest absolute Gasteiger partial charge is 0.397 e. The molecule has 2 aromatic carbocycles. The van der Waals surface area contributed by atoms with Crippen molar-refractivity contribution in [2.75, 3.05) is 0 Å². The van der Waals surface area contributed by atoms with Gasteiger partial charge < -0.3 is 0 Å². The number of hydrogen-bond acceptors (Lipinski definition) is 6. The van der Waals surface area contributed by atoms with Gasteiger partial charge in [0.25, 0.3) is 0 Å². The van der Waals surface area contributed by atoms with E-state index in [1.54, 1.807) is 45.8 Å². The average molecular weight is 901 g/mol. The van der Waals surface area contributed by atoms with Gasteiger partial charge in [-0.15, -0.1) is 22.7 Å². The Kier molecular flexibility index (Phi) is 11.0. The van der Waals surface area contributed by atoms with E-state index >= 15 is 0 Å². The monoisotopic (exact) mass is 898 g/mol. The van der Waals surface area contributed by atoms with E-state index in [1.807, 2.05) is 18.4 Å². The van der Waals surface area contributed by atoms with Gasteiger partial charge in [0.2, 0.25) is 0 Å². The highest BCUT2D eigenvalue weighted by Gasteiger charge is 2.45. The molecule has 0 amide bonds. The summed E-state index contributed by atoms with van der Waals surface area (Å²) in [6.07, 6.45) is -0.136. The summed E-state index contributed by atoms with van der Waals surface area (Å²) in [5.74, 6) is -1.81. The summed E-state index contributed by atoms with van der Waals surface area (Å²) in [5.41, 5.74) is 6.72. The predicted molar refractivity (Wildman–Crippen MR) is 219 cm³/mol.